The zero-order valence-corrected chi connectivity index (χ0v) is 8.79. The van der Waals surface area contributed by atoms with Crippen LogP contribution in [0.3, 0.4) is 0 Å². The van der Waals surface area contributed by atoms with Crippen molar-refractivity contribution in [1.29, 1.82) is 0 Å². The van der Waals surface area contributed by atoms with Gasteiger partial charge in [-0.3, -0.25) is 4.79 Å². The quantitative estimate of drug-likeness (QED) is 0.691. The minimum absolute atomic E-state index is 0.00343. The van der Waals surface area contributed by atoms with Crippen molar-refractivity contribution in [3.63, 3.8) is 0 Å². The lowest BCUT2D eigenvalue weighted by Gasteiger charge is -2.29. The van der Waals surface area contributed by atoms with E-state index in [9.17, 15) is 4.79 Å². The molecule has 1 heterocycles. The van der Waals surface area contributed by atoms with Crippen LogP contribution < -0.4 is 5.32 Å². The molecule has 2 fully saturated rings. The van der Waals surface area contributed by atoms with E-state index in [-0.39, 0.29) is 5.97 Å². The Morgan fingerprint density at radius 1 is 1.36 bits per heavy atom. The summed E-state index contributed by atoms with van der Waals surface area (Å²) in [5.41, 5.74) is 0. The van der Waals surface area contributed by atoms with E-state index in [1.54, 1.807) is 0 Å². The van der Waals surface area contributed by atoms with Gasteiger partial charge in [0, 0.05) is 6.42 Å². The predicted molar refractivity (Wildman–Crippen MR) is 53.8 cm³/mol. The fourth-order valence-electron chi connectivity index (χ4n) is 2.95. The van der Waals surface area contributed by atoms with Gasteiger partial charge >= 0.3 is 5.97 Å². The molecule has 3 nitrogen and oxygen atoms in total. The van der Waals surface area contributed by atoms with E-state index in [1.807, 2.05) is 6.92 Å². The average Bonchev–Trinajstić information content (AvgIpc) is 2.41. The van der Waals surface area contributed by atoms with Crippen LogP contribution in [0, 0.1) is 17.8 Å². The van der Waals surface area contributed by atoms with Crippen molar-refractivity contribution in [2.75, 3.05) is 19.7 Å². The van der Waals surface area contributed by atoms with E-state index in [4.69, 9.17) is 4.74 Å². The molecule has 3 heteroatoms. The molecule has 0 amide bonds. The van der Waals surface area contributed by atoms with Crippen LogP contribution in [0.5, 0.6) is 0 Å². The number of hydrogen-bond acceptors (Lipinski definition) is 3. The number of ether oxygens (including phenoxy) is 1. The van der Waals surface area contributed by atoms with Crippen molar-refractivity contribution in [2.24, 2.45) is 17.8 Å². The SMILES string of the molecule is CCOC(=O)CC1C2CCC1CNC2. The van der Waals surface area contributed by atoms with Crippen LogP contribution in [-0.4, -0.2) is 25.7 Å². The minimum Gasteiger partial charge on any atom is -0.466 e. The summed E-state index contributed by atoms with van der Waals surface area (Å²) in [5, 5.41) is 3.43. The Hall–Kier alpha value is -0.570. The number of carbonyl (C=O) groups is 1. The highest BCUT2D eigenvalue weighted by Crippen LogP contribution is 2.41. The Morgan fingerprint density at radius 2 is 2.00 bits per heavy atom. The predicted octanol–water partition coefficient (Wildman–Crippen LogP) is 1.19. The second kappa shape index (κ2) is 4.30. The summed E-state index contributed by atoms with van der Waals surface area (Å²) in [6.07, 6.45) is 3.23. The number of piperidine rings is 1. The standard InChI is InChI=1S/C11H19NO2/c1-2-14-11(13)5-10-8-3-4-9(10)7-12-6-8/h8-10,12H,2-7H2,1H3. The molecule has 2 aliphatic rings. The van der Waals surface area contributed by atoms with Crippen molar-refractivity contribution in [1.82, 2.24) is 5.32 Å². The molecule has 0 aromatic heterocycles. The van der Waals surface area contributed by atoms with E-state index in [0.717, 1.165) is 24.9 Å². The lowest BCUT2D eigenvalue weighted by molar-refractivity contribution is -0.145. The van der Waals surface area contributed by atoms with E-state index in [0.29, 0.717) is 18.9 Å². The van der Waals surface area contributed by atoms with Crippen LogP contribution in [0.2, 0.25) is 0 Å². The lowest BCUT2D eigenvalue weighted by atomic mass is 9.84. The van der Waals surface area contributed by atoms with Crippen molar-refractivity contribution in [3.8, 4) is 0 Å². The highest BCUT2D eigenvalue weighted by molar-refractivity contribution is 5.69. The number of esters is 1. The molecule has 2 bridgehead atoms. The molecule has 1 N–H and O–H groups in total. The molecule has 0 aromatic carbocycles. The number of carbonyl (C=O) groups excluding carboxylic acids is 1. The largest absolute Gasteiger partial charge is 0.466 e. The molecule has 1 saturated carbocycles. The molecule has 0 spiro atoms. The van der Waals surface area contributed by atoms with Crippen molar-refractivity contribution in [3.05, 3.63) is 0 Å². The molecule has 1 aliphatic heterocycles. The fraction of sp³-hybridized carbons (Fsp3) is 0.909. The fourth-order valence-corrected chi connectivity index (χ4v) is 2.95. The number of fused-ring (bicyclic) bond motifs is 2. The smallest absolute Gasteiger partial charge is 0.306 e. The molecule has 0 aromatic rings. The summed E-state index contributed by atoms with van der Waals surface area (Å²) in [4.78, 5) is 11.4. The van der Waals surface area contributed by atoms with Gasteiger partial charge in [0.1, 0.15) is 0 Å². The Bertz CT molecular complexity index is 201. The van der Waals surface area contributed by atoms with Crippen molar-refractivity contribution in [2.45, 2.75) is 26.2 Å². The van der Waals surface area contributed by atoms with Crippen molar-refractivity contribution < 1.29 is 9.53 Å². The molecular weight excluding hydrogens is 178 g/mol. The monoisotopic (exact) mass is 197 g/mol. The van der Waals surface area contributed by atoms with Gasteiger partial charge in [-0.1, -0.05) is 0 Å². The molecule has 14 heavy (non-hydrogen) atoms. The molecule has 2 rings (SSSR count). The topological polar surface area (TPSA) is 38.3 Å². The molecule has 80 valence electrons. The summed E-state index contributed by atoms with van der Waals surface area (Å²) in [6, 6.07) is 0. The van der Waals surface area contributed by atoms with Gasteiger partial charge in [-0.05, 0) is 50.6 Å². The maximum atomic E-state index is 11.4. The molecule has 2 unspecified atom stereocenters. The van der Waals surface area contributed by atoms with Crippen LogP contribution in [0.15, 0.2) is 0 Å². The lowest BCUT2D eigenvalue weighted by Crippen LogP contribution is -2.39. The van der Waals surface area contributed by atoms with Crippen LogP contribution in [0.25, 0.3) is 0 Å². The maximum Gasteiger partial charge on any atom is 0.306 e. The van der Waals surface area contributed by atoms with Gasteiger partial charge in [0.25, 0.3) is 0 Å². The summed E-state index contributed by atoms with van der Waals surface area (Å²) < 4.78 is 5.01. The molecule has 1 saturated heterocycles. The van der Waals surface area contributed by atoms with Gasteiger partial charge in [-0.15, -0.1) is 0 Å². The average molecular weight is 197 g/mol. The zero-order chi connectivity index (χ0) is 9.97. The molecule has 2 atom stereocenters. The number of hydrogen-bond donors (Lipinski definition) is 1. The van der Waals surface area contributed by atoms with Gasteiger partial charge < -0.3 is 10.1 Å². The minimum atomic E-state index is -0.00343. The van der Waals surface area contributed by atoms with Crippen molar-refractivity contribution >= 4 is 5.97 Å². The first-order chi connectivity index (χ1) is 6.81. The third-order valence-electron chi connectivity index (χ3n) is 3.64. The van der Waals surface area contributed by atoms with Gasteiger partial charge in [-0.2, -0.15) is 0 Å². The highest BCUT2D eigenvalue weighted by Gasteiger charge is 2.39. The third-order valence-corrected chi connectivity index (χ3v) is 3.64. The highest BCUT2D eigenvalue weighted by atomic mass is 16.5. The van der Waals surface area contributed by atoms with Crippen LogP contribution in [0.1, 0.15) is 26.2 Å². The molecular formula is C11H19NO2. The summed E-state index contributed by atoms with van der Waals surface area (Å²) in [5.74, 6) is 2.03. The van der Waals surface area contributed by atoms with E-state index in [1.165, 1.54) is 12.8 Å². The number of nitrogens with one attached hydrogen (secondary N) is 1. The van der Waals surface area contributed by atoms with Gasteiger partial charge in [0.15, 0.2) is 0 Å². The Balaban J connectivity index is 1.88. The first-order valence-corrected chi connectivity index (χ1v) is 5.67. The summed E-state index contributed by atoms with van der Waals surface area (Å²) >= 11 is 0. The third kappa shape index (κ3) is 1.92. The first-order valence-electron chi connectivity index (χ1n) is 5.67. The normalized spacial score (nSPS) is 35.6. The molecule has 1 aliphatic carbocycles. The zero-order valence-electron chi connectivity index (χ0n) is 8.79. The van der Waals surface area contributed by atoms with Gasteiger partial charge in [-0.25, -0.2) is 0 Å². The van der Waals surface area contributed by atoms with E-state index in [2.05, 4.69) is 5.32 Å². The van der Waals surface area contributed by atoms with Crippen LogP contribution in [-0.2, 0) is 9.53 Å². The van der Waals surface area contributed by atoms with E-state index < -0.39 is 0 Å². The van der Waals surface area contributed by atoms with Crippen LogP contribution in [0.4, 0.5) is 0 Å². The van der Waals surface area contributed by atoms with Gasteiger partial charge in [0.2, 0.25) is 0 Å². The van der Waals surface area contributed by atoms with E-state index >= 15 is 0 Å². The Kier molecular flexibility index (Phi) is 3.06. The second-order valence-electron chi connectivity index (χ2n) is 4.43. The molecule has 0 radical (unpaired) electrons. The Morgan fingerprint density at radius 3 is 2.57 bits per heavy atom. The van der Waals surface area contributed by atoms with Crippen LogP contribution >= 0.6 is 0 Å². The second-order valence-corrected chi connectivity index (χ2v) is 4.43. The maximum absolute atomic E-state index is 11.4. The number of rotatable bonds is 3. The summed E-state index contributed by atoms with van der Waals surface area (Å²) in [6.45, 7) is 4.58. The Labute approximate surface area is 85.2 Å². The van der Waals surface area contributed by atoms with Gasteiger partial charge in [0.05, 0.1) is 6.61 Å². The first kappa shape index (κ1) is 9.97. The summed E-state index contributed by atoms with van der Waals surface area (Å²) in [7, 11) is 0.